The summed E-state index contributed by atoms with van der Waals surface area (Å²) in [5, 5.41) is 8.03. The number of nitrogens with one attached hydrogen (secondary N) is 1. The molecule has 1 amide bonds. The highest BCUT2D eigenvalue weighted by atomic mass is 16.1. The minimum absolute atomic E-state index is 0.0291. The van der Waals surface area contributed by atoms with E-state index in [-0.39, 0.29) is 11.8 Å². The van der Waals surface area contributed by atoms with Crippen LogP contribution in [0.15, 0.2) is 60.7 Å². The average Bonchev–Trinajstić information content (AvgIpc) is 3.31. The summed E-state index contributed by atoms with van der Waals surface area (Å²) < 4.78 is 1.94. The third kappa shape index (κ3) is 5.05. The topological polar surface area (TPSA) is 65.8 Å². The number of amides is 1. The van der Waals surface area contributed by atoms with E-state index in [0.717, 1.165) is 65.6 Å². The standard InChI is InChI=1S/C29H34N6O/c1-20-5-9-23(10-6-20)26-18-27-31-21(2)17-28(35(27)32-26)34-15-13-24(14-16-34)29(36)30-19-22-7-11-25(12-8-22)33(3)4/h5-12,17-18,24H,13-16,19H2,1-4H3,(H,30,36). The van der Waals surface area contributed by atoms with Crippen LogP contribution in [0.1, 0.15) is 29.7 Å². The smallest absolute Gasteiger partial charge is 0.223 e. The second-order valence-electron chi connectivity index (χ2n) is 9.96. The predicted molar refractivity (Wildman–Crippen MR) is 145 cm³/mol. The summed E-state index contributed by atoms with van der Waals surface area (Å²) in [6, 6.07) is 20.9. The summed E-state index contributed by atoms with van der Waals surface area (Å²) in [6.45, 7) is 6.30. The van der Waals surface area contributed by atoms with Crippen LogP contribution in [0.25, 0.3) is 16.9 Å². The predicted octanol–water partition coefficient (Wildman–Crippen LogP) is 4.61. The molecule has 2 aromatic carbocycles. The van der Waals surface area contributed by atoms with Crippen LogP contribution in [0.4, 0.5) is 11.5 Å². The normalized spacial score (nSPS) is 14.3. The Morgan fingerprint density at radius 1 is 1.00 bits per heavy atom. The van der Waals surface area contributed by atoms with E-state index < -0.39 is 0 Å². The molecule has 1 N–H and O–H groups in total. The lowest BCUT2D eigenvalue weighted by Crippen LogP contribution is -2.41. The number of hydrogen-bond donors (Lipinski definition) is 1. The van der Waals surface area contributed by atoms with E-state index in [1.165, 1.54) is 5.56 Å². The van der Waals surface area contributed by atoms with Crippen molar-refractivity contribution in [2.24, 2.45) is 5.92 Å². The van der Waals surface area contributed by atoms with Crippen molar-refractivity contribution in [1.82, 2.24) is 19.9 Å². The molecule has 1 fully saturated rings. The molecule has 36 heavy (non-hydrogen) atoms. The number of piperidine rings is 1. The number of anilines is 2. The van der Waals surface area contributed by atoms with Crippen molar-refractivity contribution < 1.29 is 4.79 Å². The summed E-state index contributed by atoms with van der Waals surface area (Å²) in [5.41, 5.74) is 7.31. The number of aryl methyl sites for hydroxylation is 2. The van der Waals surface area contributed by atoms with E-state index >= 15 is 0 Å². The Morgan fingerprint density at radius 3 is 2.36 bits per heavy atom. The molecule has 0 bridgehead atoms. The minimum atomic E-state index is 0.0291. The Balaban J connectivity index is 1.24. The lowest BCUT2D eigenvalue weighted by atomic mass is 9.95. The van der Waals surface area contributed by atoms with Gasteiger partial charge in [-0.05, 0) is 44.4 Å². The fourth-order valence-electron chi connectivity index (χ4n) is 4.79. The van der Waals surface area contributed by atoms with Crippen molar-refractivity contribution in [3.8, 4) is 11.3 Å². The van der Waals surface area contributed by atoms with Crippen molar-refractivity contribution in [2.75, 3.05) is 37.0 Å². The molecular weight excluding hydrogens is 448 g/mol. The molecule has 5 rings (SSSR count). The monoisotopic (exact) mass is 482 g/mol. The molecule has 0 spiro atoms. The van der Waals surface area contributed by atoms with Crippen molar-refractivity contribution in [3.05, 3.63) is 77.5 Å². The van der Waals surface area contributed by atoms with Gasteiger partial charge in [-0.1, -0.05) is 42.0 Å². The number of benzene rings is 2. The maximum Gasteiger partial charge on any atom is 0.223 e. The Morgan fingerprint density at radius 2 is 1.69 bits per heavy atom. The van der Waals surface area contributed by atoms with Gasteiger partial charge in [0.25, 0.3) is 0 Å². The molecule has 7 nitrogen and oxygen atoms in total. The van der Waals surface area contributed by atoms with E-state index in [2.05, 4.69) is 76.6 Å². The maximum absolute atomic E-state index is 12.9. The average molecular weight is 483 g/mol. The van der Waals surface area contributed by atoms with Crippen molar-refractivity contribution >= 4 is 23.1 Å². The Hall–Kier alpha value is -3.87. The van der Waals surface area contributed by atoms with Crippen LogP contribution in [0.2, 0.25) is 0 Å². The number of carbonyl (C=O) groups excluding carboxylic acids is 1. The molecule has 0 radical (unpaired) electrons. The summed E-state index contributed by atoms with van der Waals surface area (Å²) in [6.07, 6.45) is 1.64. The Bertz CT molecular complexity index is 1350. The summed E-state index contributed by atoms with van der Waals surface area (Å²) >= 11 is 0. The van der Waals surface area contributed by atoms with E-state index in [4.69, 9.17) is 10.1 Å². The van der Waals surface area contributed by atoms with Crippen LogP contribution < -0.4 is 15.1 Å². The zero-order valence-corrected chi connectivity index (χ0v) is 21.5. The maximum atomic E-state index is 12.9. The summed E-state index contributed by atoms with van der Waals surface area (Å²) in [4.78, 5) is 22.0. The molecule has 1 saturated heterocycles. The zero-order valence-electron chi connectivity index (χ0n) is 21.5. The van der Waals surface area contributed by atoms with E-state index in [1.54, 1.807) is 0 Å². The van der Waals surface area contributed by atoms with Crippen molar-refractivity contribution in [1.29, 1.82) is 0 Å². The molecule has 0 unspecified atom stereocenters. The van der Waals surface area contributed by atoms with Crippen LogP contribution in [0.3, 0.4) is 0 Å². The number of carbonyl (C=O) groups is 1. The first-order chi connectivity index (χ1) is 17.4. The second kappa shape index (κ2) is 10.0. The molecular formula is C29H34N6O. The first kappa shape index (κ1) is 23.9. The van der Waals surface area contributed by atoms with E-state index in [1.807, 2.05) is 31.6 Å². The first-order valence-electron chi connectivity index (χ1n) is 12.6. The van der Waals surface area contributed by atoms with E-state index in [9.17, 15) is 4.79 Å². The molecule has 0 saturated carbocycles. The fourth-order valence-corrected chi connectivity index (χ4v) is 4.79. The molecule has 2 aromatic heterocycles. The van der Waals surface area contributed by atoms with Gasteiger partial charge in [0.15, 0.2) is 5.65 Å². The van der Waals surface area contributed by atoms with Gasteiger partial charge in [-0.3, -0.25) is 4.79 Å². The van der Waals surface area contributed by atoms with Crippen molar-refractivity contribution in [3.63, 3.8) is 0 Å². The number of aromatic nitrogens is 3. The van der Waals surface area contributed by atoms with Gasteiger partial charge < -0.3 is 15.1 Å². The van der Waals surface area contributed by atoms with Gasteiger partial charge in [-0.25, -0.2) is 4.98 Å². The largest absolute Gasteiger partial charge is 0.378 e. The number of nitrogens with zero attached hydrogens (tertiary/aromatic N) is 5. The molecule has 7 heteroatoms. The quantitative estimate of drug-likeness (QED) is 0.435. The van der Waals surface area contributed by atoms with Gasteiger partial charge in [-0.15, -0.1) is 0 Å². The number of hydrogen-bond acceptors (Lipinski definition) is 5. The fraction of sp³-hybridized carbons (Fsp3) is 0.345. The SMILES string of the molecule is Cc1ccc(-c2cc3nc(C)cc(N4CCC(C(=O)NCc5ccc(N(C)C)cc5)CC4)n3n2)cc1. The van der Waals surface area contributed by atoms with Crippen LogP contribution >= 0.6 is 0 Å². The van der Waals surface area contributed by atoms with Gasteiger partial charge >= 0.3 is 0 Å². The van der Waals surface area contributed by atoms with Gasteiger partial charge in [0.05, 0.1) is 5.69 Å². The molecule has 4 aromatic rings. The Labute approximate surface area is 212 Å². The lowest BCUT2D eigenvalue weighted by Gasteiger charge is -2.33. The second-order valence-corrected chi connectivity index (χ2v) is 9.96. The van der Waals surface area contributed by atoms with Gasteiger partial charge in [0.2, 0.25) is 5.91 Å². The molecule has 0 aliphatic carbocycles. The van der Waals surface area contributed by atoms with Crippen LogP contribution in [-0.4, -0.2) is 47.7 Å². The first-order valence-corrected chi connectivity index (χ1v) is 12.6. The summed E-state index contributed by atoms with van der Waals surface area (Å²) in [5.74, 6) is 1.21. The zero-order chi connectivity index (χ0) is 25.2. The van der Waals surface area contributed by atoms with Gasteiger partial charge in [0, 0.05) is 68.7 Å². The van der Waals surface area contributed by atoms with E-state index in [0.29, 0.717) is 6.54 Å². The number of rotatable bonds is 6. The third-order valence-electron chi connectivity index (χ3n) is 6.99. The number of fused-ring (bicyclic) bond motifs is 1. The highest BCUT2D eigenvalue weighted by Gasteiger charge is 2.26. The van der Waals surface area contributed by atoms with Crippen LogP contribution in [-0.2, 0) is 11.3 Å². The van der Waals surface area contributed by atoms with Crippen LogP contribution in [0, 0.1) is 19.8 Å². The third-order valence-corrected chi connectivity index (χ3v) is 6.99. The molecule has 186 valence electrons. The van der Waals surface area contributed by atoms with Crippen molar-refractivity contribution in [2.45, 2.75) is 33.2 Å². The van der Waals surface area contributed by atoms with Crippen LogP contribution in [0.5, 0.6) is 0 Å². The highest BCUT2D eigenvalue weighted by Crippen LogP contribution is 2.27. The lowest BCUT2D eigenvalue weighted by molar-refractivity contribution is -0.125. The minimum Gasteiger partial charge on any atom is -0.378 e. The van der Waals surface area contributed by atoms with Gasteiger partial charge in [-0.2, -0.15) is 9.61 Å². The van der Waals surface area contributed by atoms with Gasteiger partial charge in [0.1, 0.15) is 5.82 Å². The highest BCUT2D eigenvalue weighted by molar-refractivity contribution is 5.79. The molecule has 1 aliphatic rings. The molecule has 3 heterocycles. The Kier molecular flexibility index (Phi) is 6.63. The molecule has 0 atom stereocenters. The summed E-state index contributed by atoms with van der Waals surface area (Å²) in [7, 11) is 4.05. The molecule has 1 aliphatic heterocycles.